The molecule has 1 atom stereocenters. The predicted octanol–water partition coefficient (Wildman–Crippen LogP) is 3.56. The number of nitrogens with zero attached hydrogens (tertiary/aromatic N) is 1. The second-order valence-electron chi connectivity index (χ2n) is 8.43. The maximum atomic E-state index is 12.9. The van der Waals surface area contributed by atoms with E-state index in [1.807, 2.05) is 26.8 Å². The molecule has 25 heavy (non-hydrogen) atoms. The summed E-state index contributed by atoms with van der Waals surface area (Å²) in [6.45, 7) is 12.1. The number of rotatable bonds is 7. The van der Waals surface area contributed by atoms with Gasteiger partial charge in [-0.25, -0.2) is 8.42 Å². The van der Waals surface area contributed by atoms with E-state index in [1.54, 1.807) is 24.3 Å². The van der Waals surface area contributed by atoms with Crippen molar-refractivity contribution in [2.45, 2.75) is 66.0 Å². The number of carbonyl (C=O) groups is 1. The first-order chi connectivity index (χ1) is 11.3. The van der Waals surface area contributed by atoms with Crippen LogP contribution in [0.4, 0.5) is 5.69 Å². The lowest BCUT2D eigenvalue weighted by molar-refractivity contribution is -0.124. The average molecular weight is 369 g/mol. The summed E-state index contributed by atoms with van der Waals surface area (Å²) < 4.78 is 26.0. The number of amides is 1. The molecule has 1 N–H and O–H groups in total. The van der Waals surface area contributed by atoms with Crippen molar-refractivity contribution < 1.29 is 13.2 Å². The van der Waals surface area contributed by atoms with Crippen molar-refractivity contribution in [1.82, 2.24) is 5.32 Å². The van der Waals surface area contributed by atoms with Crippen LogP contribution in [-0.4, -0.2) is 32.2 Å². The van der Waals surface area contributed by atoms with Gasteiger partial charge in [-0.1, -0.05) is 45.9 Å². The molecule has 0 radical (unpaired) electrons. The van der Waals surface area contributed by atoms with Gasteiger partial charge in [-0.3, -0.25) is 9.10 Å². The fourth-order valence-corrected chi connectivity index (χ4v) is 4.63. The van der Waals surface area contributed by atoms with E-state index in [-0.39, 0.29) is 11.3 Å². The van der Waals surface area contributed by atoms with Crippen molar-refractivity contribution in [3.63, 3.8) is 0 Å². The molecule has 0 bridgehead atoms. The molecule has 1 rings (SSSR count). The molecule has 0 heterocycles. The highest BCUT2D eigenvalue weighted by molar-refractivity contribution is 7.92. The number of benzene rings is 1. The molecule has 0 aliphatic heterocycles. The zero-order chi connectivity index (χ0) is 19.5. The highest BCUT2D eigenvalue weighted by Crippen LogP contribution is 2.28. The topological polar surface area (TPSA) is 66.5 Å². The summed E-state index contributed by atoms with van der Waals surface area (Å²) in [5, 5.41) is 3.04. The number of sulfonamides is 1. The average Bonchev–Trinajstić information content (AvgIpc) is 2.40. The molecule has 0 aliphatic carbocycles. The van der Waals surface area contributed by atoms with E-state index in [0.29, 0.717) is 12.1 Å². The molecule has 0 unspecified atom stereocenters. The first-order valence-corrected chi connectivity index (χ1v) is 10.5. The van der Waals surface area contributed by atoms with E-state index in [2.05, 4.69) is 26.1 Å². The Balaban J connectivity index is 3.14. The SMILES string of the molecule is CC[C@@H](C(=O)NC(C)(C)CC(C)(C)C)N(c1ccccc1)S(C)(=O)=O. The van der Waals surface area contributed by atoms with Gasteiger partial charge >= 0.3 is 0 Å². The first-order valence-electron chi connectivity index (χ1n) is 8.63. The van der Waals surface area contributed by atoms with Gasteiger partial charge in [0.2, 0.25) is 15.9 Å². The van der Waals surface area contributed by atoms with Crippen molar-refractivity contribution in [2.24, 2.45) is 5.41 Å². The van der Waals surface area contributed by atoms with Crippen LogP contribution < -0.4 is 9.62 Å². The molecule has 142 valence electrons. The molecule has 0 saturated carbocycles. The quantitative estimate of drug-likeness (QED) is 0.800. The monoisotopic (exact) mass is 368 g/mol. The Labute approximate surface area is 152 Å². The van der Waals surface area contributed by atoms with Crippen molar-refractivity contribution in [3.05, 3.63) is 30.3 Å². The Morgan fingerprint density at radius 1 is 1.12 bits per heavy atom. The Hall–Kier alpha value is -1.56. The molecule has 1 aromatic rings. The zero-order valence-electron chi connectivity index (χ0n) is 16.5. The minimum atomic E-state index is -3.59. The van der Waals surface area contributed by atoms with Crippen LogP contribution in [0.1, 0.15) is 54.4 Å². The maximum absolute atomic E-state index is 12.9. The van der Waals surface area contributed by atoms with E-state index in [1.165, 1.54) is 4.31 Å². The maximum Gasteiger partial charge on any atom is 0.244 e. The lowest BCUT2D eigenvalue weighted by atomic mass is 9.81. The second kappa shape index (κ2) is 7.77. The van der Waals surface area contributed by atoms with Crippen molar-refractivity contribution in [3.8, 4) is 0 Å². The van der Waals surface area contributed by atoms with Gasteiger partial charge in [-0.2, -0.15) is 0 Å². The van der Waals surface area contributed by atoms with Crippen molar-refractivity contribution in [1.29, 1.82) is 0 Å². The van der Waals surface area contributed by atoms with E-state index >= 15 is 0 Å². The molecule has 6 heteroatoms. The van der Waals surface area contributed by atoms with E-state index < -0.39 is 21.6 Å². The van der Waals surface area contributed by atoms with Crippen LogP contribution in [0.3, 0.4) is 0 Å². The predicted molar refractivity (Wildman–Crippen MR) is 104 cm³/mol. The largest absolute Gasteiger partial charge is 0.349 e. The second-order valence-corrected chi connectivity index (χ2v) is 10.3. The summed E-state index contributed by atoms with van der Waals surface area (Å²) in [7, 11) is -3.59. The molecular weight excluding hydrogens is 336 g/mol. The lowest BCUT2D eigenvalue weighted by Crippen LogP contribution is -2.55. The molecule has 0 saturated heterocycles. The molecule has 0 aromatic heterocycles. The Bertz CT molecular complexity index is 676. The van der Waals surface area contributed by atoms with Crippen LogP contribution in [0, 0.1) is 5.41 Å². The van der Waals surface area contributed by atoms with Crippen LogP contribution in [0.5, 0.6) is 0 Å². The highest BCUT2D eigenvalue weighted by atomic mass is 32.2. The van der Waals surface area contributed by atoms with Crippen LogP contribution in [0.25, 0.3) is 0 Å². The summed E-state index contributed by atoms with van der Waals surface area (Å²) in [6.07, 6.45) is 2.31. The van der Waals surface area contributed by atoms with Gasteiger partial charge in [0.15, 0.2) is 0 Å². The van der Waals surface area contributed by atoms with Crippen LogP contribution in [0.2, 0.25) is 0 Å². The van der Waals surface area contributed by atoms with Crippen LogP contribution in [-0.2, 0) is 14.8 Å². The molecule has 0 fully saturated rings. The number of para-hydroxylation sites is 1. The minimum Gasteiger partial charge on any atom is -0.349 e. The summed E-state index contributed by atoms with van der Waals surface area (Å²) >= 11 is 0. The van der Waals surface area contributed by atoms with Crippen molar-refractivity contribution in [2.75, 3.05) is 10.6 Å². The zero-order valence-corrected chi connectivity index (χ0v) is 17.3. The number of anilines is 1. The van der Waals surface area contributed by atoms with Gasteiger partial charge in [0.05, 0.1) is 11.9 Å². The summed E-state index contributed by atoms with van der Waals surface area (Å²) in [4.78, 5) is 12.9. The molecule has 5 nitrogen and oxygen atoms in total. The molecule has 0 spiro atoms. The van der Waals surface area contributed by atoms with Gasteiger partial charge in [-0.15, -0.1) is 0 Å². The minimum absolute atomic E-state index is 0.0500. The fraction of sp³-hybridized carbons (Fsp3) is 0.632. The number of hydrogen-bond donors (Lipinski definition) is 1. The summed E-state index contributed by atoms with van der Waals surface area (Å²) in [5.41, 5.74) is 0.123. The van der Waals surface area contributed by atoms with E-state index in [9.17, 15) is 13.2 Å². The number of carbonyl (C=O) groups excluding carboxylic acids is 1. The molecule has 0 aliphatic rings. The van der Waals surface area contributed by atoms with E-state index in [4.69, 9.17) is 0 Å². The van der Waals surface area contributed by atoms with Gasteiger partial charge in [0.25, 0.3) is 0 Å². The van der Waals surface area contributed by atoms with Crippen LogP contribution in [0.15, 0.2) is 30.3 Å². The van der Waals surface area contributed by atoms with E-state index in [0.717, 1.165) is 12.7 Å². The highest BCUT2D eigenvalue weighted by Gasteiger charge is 2.35. The number of hydrogen-bond acceptors (Lipinski definition) is 3. The third-order valence-corrected chi connectivity index (χ3v) is 4.95. The third kappa shape index (κ3) is 6.69. The molecule has 1 aromatic carbocycles. The molecular formula is C19H32N2O3S. The smallest absolute Gasteiger partial charge is 0.244 e. The van der Waals surface area contributed by atoms with Gasteiger partial charge < -0.3 is 5.32 Å². The lowest BCUT2D eigenvalue weighted by Gasteiger charge is -2.36. The van der Waals surface area contributed by atoms with Gasteiger partial charge in [0, 0.05) is 5.54 Å². The first kappa shape index (κ1) is 21.5. The fourth-order valence-electron chi connectivity index (χ4n) is 3.42. The third-order valence-electron chi connectivity index (χ3n) is 3.77. The number of nitrogens with one attached hydrogen (secondary N) is 1. The standard InChI is InChI=1S/C19H32N2O3S/c1-8-16(17(22)20-19(5,6)14-18(2,3)4)21(25(7,23)24)15-12-10-9-11-13-15/h9-13,16H,8,14H2,1-7H3,(H,20,22)/t16-/m0/s1. The summed E-state index contributed by atoms with van der Waals surface area (Å²) in [6, 6.07) is 7.98. The summed E-state index contributed by atoms with van der Waals surface area (Å²) in [5.74, 6) is -0.272. The Morgan fingerprint density at radius 3 is 2.04 bits per heavy atom. The van der Waals surface area contributed by atoms with Gasteiger partial charge in [-0.05, 0) is 44.2 Å². The van der Waals surface area contributed by atoms with Crippen molar-refractivity contribution >= 4 is 21.6 Å². The Morgan fingerprint density at radius 2 is 1.64 bits per heavy atom. The Kier molecular flexibility index (Phi) is 6.68. The van der Waals surface area contributed by atoms with Crippen LogP contribution >= 0.6 is 0 Å². The normalized spacial score (nSPS) is 14.0. The van der Waals surface area contributed by atoms with Gasteiger partial charge in [0.1, 0.15) is 6.04 Å². The molecule has 1 amide bonds.